The Morgan fingerprint density at radius 3 is 2.12 bits per heavy atom. The lowest BCUT2D eigenvalue weighted by Crippen LogP contribution is -2.45. The van der Waals surface area contributed by atoms with Gasteiger partial charge in [-0.15, -0.1) is 0 Å². The molecular weight excluding hydrogens is 424 g/mol. The van der Waals surface area contributed by atoms with Crippen molar-refractivity contribution in [2.75, 3.05) is 31.5 Å². The fraction of sp³-hybridized carbons (Fsp3) is 0.321. The number of nitrogens with two attached hydrogens (primary N) is 1. The highest BCUT2D eigenvalue weighted by molar-refractivity contribution is 5.94. The van der Waals surface area contributed by atoms with Crippen LogP contribution in [-0.4, -0.2) is 47.9 Å². The Hall–Kier alpha value is -3.19. The molecule has 0 aromatic heterocycles. The lowest BCUT2D eigenvalue weighted by atomic mass is 10.1. The lowest BCUT2D eigenvalue weighted by molar-refractivity contribution is -0.117. The number of nitrogens with zero attached hydrogens (tertiary/aromatic N) is 2. The van der Waals surface area contributed by atoms with E-state index in [0.29, 0.717) is 6.61 Å². The van der Waals surface area contributed by atoms with E-state index in [9.17, 15) is 4.79 Å². The summed E-state index contributed by atoms with van der Waals surface area (Å²) in [6.45, 7) is 8.22. The van der Waals surface area contributed by atoms with Crippen molar-refractivity contribution in [3.8, 4) is 5.75 Å². The van der Waals surface area contributed by atoms with Crippen LogP contribution in [0.5, 0.6) is 5.75 Å². The van der Waals surface area contributed by atoms with Crippen LogP contribution >= 0.6 is 0 Å². The molecule has 1 heterocycles. The first-order chi connectivity index (χ1) is 16.5. The van der Waals surface area contributed by atoms with Gasteiger partial charge < -0.3 is 15.8 Å². The maximum absolute atomic E-state index is 11.9. The highest BCUT2D eigenvalue weighted by Gasteiger charge is 2.17. The molecular formula is C28H34N4O2. The van der Waals surface area contributed by atoms with E-state index in [1.807, 2.05) is 36.4 Å². The fourth-order valence-corrected chi connectivity index (χ4v) is 4.06. The number of hydrogen-bond donors (Lipinski definition) is 2. The van der Waals surface area contributed by atoms with Gasteiger partial charge in [-0.2, -0.15) is 0 Å². The number of ether oxygens (including phenoxy) is 1. The third kappa shape index (κ3) is 7.15. The zero-order chi connectivity index (χ0) is 23.8. The van der Waals surface area contributed by atoms with Crippen LogP contribution in [0.1, 0.15) is 23.6 Å². The van der Waals surface area contributed by atoms with Gasteiger partial charge in [0.25, 0.3) is 0 Å². The molecule has 3 aromatic rings. The number of hydrogen-bond acceptors (Lipinski definition) is 5. The summed E-state index contributed by atoms with van der Waals surface area (Å²) in [6.07, 6.45) is 0. The Labute approximate surface area is 202 Å². The summed E-state index contributed by atoms with van der Waals surface area (Å²) in [6, 6.07) is 26.2. The Balaban J connectivity index is 1.21. The highest BCUT2D eigenvalue weighted by Crippen LogP contribution is 2.18. The molecule has 1 amide bonds. The molecule has 0 radical (unpaired) electrons. The minimum atomic E-state index is -0.519. The molecule has 178 valence electrons. The second kappa shape index (κ2) is 11.8. The van der Waals surface area contributed by atoms with Gasteiger partial charge in [0, 0.05) is 45.0 Å². The van der Waals surface area contributed by atoms with E-state index in [1.54, 1.807) is 6.92 Å². The van der Waals surface area contributed by atoms with E-state index in [2.05, 4.69) is 57.6 Å². The van der Waals surface area contributed by atoms with Gasteiger partial charge in [0.05, 0.1) is 6.04 Å². The topological polar surface area (TPSA) is 70.8 Å². The van der Waals surface area contributed by atoms with Gasteiger partial charge in [-0.3, -0.25) is 14.6 Å². The number of nitrogens with one attached hydrogen (secondary N) is 1. The molecule has 6 heteroatoms. The van der Waals surface area contributed by atoms with E-state index in [0.717, 1.165) is 50.7 Å². The van der Waals surface area contributed by atoms with Crippen molar-refractivity contribution in [1.29, 1.82) is 0 Å². The van der Waals surface area contributed by atoms with E-state index in [-0.39, 0.29) is 5.91 Å². The first kappa shape index (κ1) is 24.0. The van der Waals surface area contributed by atoms with Crippen molar-refractivity contribution in [3.05, 3.63) is 95.6 Å². The van der Waals surface area contributed by atoms with Gasteiger partial charge in [-0.05, 0) is 47.9 Å². The van der Waals surface area contributed by atoms with E-state index in [4.69, 9.17) is 10.5 Å². The summed E-state index contributed by atoms with van der Waals surface area (Å²) in [5.74, 6) is 0.735. The Morgan fingerprint density at radius 1 is 0.853 bits per heavy atom. The maximum Gasteiger partial charge on any atom is 0.240 e. The number of benzene rings is 3. The zero-order valence-electron chi connectivity index (χ0n) is 19.8. The molecule has 0 aliphatic carbocycles. The summed E-state index contributed by atoms with van der Waals surface area (Å²) in [4.78, 5) is 16.8. The quantitative estimate of drug-likeness (QED) is 0.509. The number of piperazine rings is 1. The number of carbonyl (C=O) groups excluding carboxylic acids is 1. The van der Waals surface area contributed by atoms with Gasteiger partial charge in [-0.1, -0.05) is 54.6 Å². The maximum atomic E-state index is 11.9. The summed E-state index contributed by atoms with van der Waals surface area (Å²) < 4.78 is 5.90. The van der Waals surface area contributed by atoms with Crippen LogP contribution in [0.4, 0.5) is 5.69 Å². The Bertz CT molecular complexity index is 1050. The summed E-state index contributed by atoms with van der Waals surface area (Å²) in [5, 5.41) is 2.87. The first-order valence-corrected chi connectivity index (χ1v) is 11.9. The number of carbonyl (C=O) groups is 1. The van der Waals surface area contributed by atoms with Crippen LogP contribution in [0, 0.1) is 0 Å². The van der Waals surface area contributed by atoms with Crippen LogP contribution < -0.4 is 15.8 Å². The molecule has 1 aliphatic rings. The van der Waals surface area contributed by atoms with Crippen molar-refractivity contribution < 1.29 is 9.53 Å². The molecule has 1 fully saturated rings. The molecule has 6 nitrogen and oxygen atoms in total. The molecule has 3 aromatic carbocycles. The highest BCUT2D eigenvalue weighted by atomic mass is 16.5. The SMILES string of the molecule is CC(N)C(=O)Nc1cccc(CN2CCN(Cc3ccc(OCc4ccccc4)cc3)CC2)c1. The standard InChI is InChI=1S/C28H34N4O2/c1-22(29)28(33)30-26-9-5-8-25(18-26)20-32-16-14-31(15-17-32)19-23-10-12-27(13-11-23)34-21-24-6-3-2-4-7-24/h2-13,18,22H,14-17,19-21,29H2,1H3,(H,30,33). The van der Waals surface area contributed by atoms with Crippen molar-refractivity contribution in [1.82, 2.24) is 9.80 Å². The third-order valence-electron chi connectivity index (χ3n) is 6.06. The predicted octanol–water partition coefficient (Wildman–Crippen LogP) is 3.87. The van der Waals surface area contributed by atoms with E-state index < -0.39 is 6.04 Å². The van der Waals surface area contributed by atoms with Crippen LogP contribution in [0.15, 0.2) is 78.9 Å². The minimum Gasteiger partial charge on any atom is -0.489 e. The summed E-state index contributed by atoms with van der Waals surface area (Å²) in [7, 11) is 0. The zero-order valence-corrected chi connectivity index (χ0v) is 19.8. The van der Waals surface area contributed by atoms with E-state index >= 15 is 0 Å². The molecule has 0 bridgehead atoms. The van der Waals surface area contributed by atoms with Gasteiger partial charge in [-0.25, -0.2) is 0 Å². The van der Waals surface area contributed by atoms with Crippen molar-refractivity contribution in [2.45, 2.75) is 32.7 Å². The molecule has 0 saturated carbocycles. The molecule has 34 heavy (non-hydrogen) atoms. The molecule has 0 spiro atoms. The molecule has 1 saturated heterocycles. The van der Waals surface area contributed by atoms with Crippen molar-refractivity contribution in [2.24, 2.45) is 5.73 Å². The first-order valence-electron chi connectivity index (χ1n) is 11.9. The second-order valence-electron chi connectivity index (χ2n) is 8.95. The normalized spacial score (nSPS) is 15.6. The van der Waals surface area contributed by atoms with Crippen LogP contribution in [0.25, 0.3) is 0 Å². The average Bonchev–Trinajstić information content (AvgIpc) is 2.86. The van der Waals surface area contributed by atoms with Gasteiger partial charge in [0.1, 0.15) is 12.4 Å². The fourth-order valence-electron chi connectivity index (χ4n) is 4.06. The van der Waals surface area contributed by atoms with E-state index in [1.165, 1.54) is 16.7 Å². The molecule has 1 atom stereocenters. The van der Waals surface area contributed by atoms with Gasteiger partial charge >= 0.3 is 0 Å². The largest absolute Gasteiger partial charge is 0.489 e. The molecule has 3 N–H and O–H groups in total. The number of rotatable bonds is 9. The summed E-state index contributed by atoms with van der Waals surface area (Å²) >= 11 is 0. The smallest absolute Gasteiger partial charge is 0.240 e. The molecule has 4 rings (SSSR count). The number of amides is 1. The van der Waals surface area contributed by atoms with Crippen LogP contribution in [-0.2, 0) is 24.5 Å². The lowest BCUT2D eigenvalue weighted by Gasteiger charge is -2.34. The number of anilines is 1. The van der Waals surface area contributed by atoms with Crippen LogP contribution in [0.3, 0.4) is 0 Å². The second-order valence-corrected chi connectivity index (χ2v) is 8.95. The summed E-state index contributed by atoms with van der Waals surface area (Å²) in [5.41, 5.74) is 10.1. The van der Waals surface area contributed by atoms with Crippen molar-refractivity contribution >= 4 is 11.6 Å². The third-order valence-corrected chi connectivity index (χ3v) is 6.06. The predicted molar refractivity (Wildman–Crippen MR) is 136 cm³/mol. The average molecular weight is 459 g/mol. The molecule has 1 aliphatic heterocycles. The van der Waals surface area contributed by atoms with Gasteiger partial charge in [0.2, 0.25) is 5.91 Å². The van der Waals surface area contributed by atoms with Crippen LogP contribution in [0.2, 0.25) is 0 Å². The Kier molecular flexibility index (Phi) is 8.31. The molecule has 1 unspecified atom stereocenters. The van der Waals surface area contributed by atoms with Gasteiger partial charge in [0.15, 0.2) is 0 Å². The van der Waals surface area contributed by atoms with Crippen molar-refractivity contribution in [3.63, 3.8) is 0 Å². The monoisotopic (exact) mass is 458 g/mol. The minimum absolute atomic E-state index is 0.165. The Morgan fingerprint density at radius 2 is 1.47 bits per heavy atom.